The zero-order chi connectivity index (χ0) is 22.5. The quantitative estimate of drug-likeness (QED) is 0.380. The number of carbonyl (C=O) groups is 3. The average Bonchev–Trinajstić information content (AvgIpc) is 2.74. The Balaban J connectivity index is 1.94. The number of amides is 1. The van der Waals surface area contributed by atoms with Gasteiger partial charge in [-0.3, -0.25) is 14.9 Å². The number of ether oxygens (including phenoxy) is 1. The van der Waals surface area contributed by atoms with Crippen molar-refractivity contribution < 1.29 is 34.3 Å². The molecule has 0 aliphatic rings. The number of hydrogen-bond donors (Lipinski definition) is 3. The van der Waals surface area contributed by atoms with Gasteiger partial charge >= 0.3 is 11.9 Å². The van der Waals surface area contributed by atoms with Gasteiger partial charge in [-0.1, -0.05) is 24.3 Å². The van der Waals surface area contributed by atoms with E-state index in [2.05, 4.69) is 5.32 Å². The predicted octanol–water partition coefficient (Wildman–Crippen LogP) is 4.04. The van der Waals surface area contributed by atoms with Crippen LogP contribution in [0.5, 0.6) is 11.5 Å². The third kappa shape index (κ3) is 4.65. The molecule has 0 radical (unpaired) electrons. The third-order valence-corrected chi connectivity index (χ3v) is 4.14. The SMILES string of the molecule is O=C(Nc1ccccc1Oc1cccc(C(=O)O)c1C(=O)O)c1cccc([N+](=O)[O-])c1. The number of nitrogens with one attached hydrogen (secondary N) is 1. The van der Waals surface area contributed by atoms with Crippen molar-refractivity contribution in [1.29, 1.82) is 0 Å². The second kappa shape index (κ2) is 8.74. The lowest BCUT2D eigenvalue weighted by Crippen LogP contribution is -2.13. The molecule has 0 spiro atoms. The maximum absolute atomic E-state index is 12.6. The number of rotatable bonds is 7. The maximum Gasteiger partial charge on any atom is 0.340 e. The van der Waals surface area contributed by atoms with Crippen molar-refractivity contribution in [2.45, 2.75) is 0 Å². The van der Waals surface area contributed by atoms with E-state index < -0.39 is 33.9 Å². The molecule has 3 N–H and O–H groups in total. The van der Waals surface area contributed by atoms with E-state index in [1.54, 1.807) is 12.1 Å². The normalized spacial score (nSPS) is 10.2. The highest BCUT2D eigenvalue weighted by molar-refractivity contribution is 6.06. The summed E-state index contributed by atoms with van der Waals surface area (Å²) in [5, 5.41) is 32.1. The topological polar surface area (TPSA) is 156 Å². The summed E-state index contributed by atoms with van der Waals surface area (Å²) >= 11 is 0. The van der Waals surface area contributed by atoms with Gasteiger partial charge in [-0.2, -0.15) is 0 Å². The Bertz CT molecular complexity index is 1210. The van der Waals surface area contributed by atoms with Gasteiger partial charge < -0.3 is 20.3 Å². The van der Waals surface area contributed by atoms with E-state index in [0.717, 1.165) is 12.1 Å². The molecule has 0 bridgehead atoms. The van der Waals surface area contributed by atoms with Crippen molar-refractivity contribution >= 4 is 29.2 Å². The molecule has 0 atom stereocenters. The zero-order valence-electron chi connectivity index (χ0n) is 15.6. The van der Waals surface area contributed by atoms with E-state index in [0.29, 0.717) is 0 Å². The Hall–Kier alpha value is -4.73. The molecule has 0 aliphatic heterocycles. The predicted molar refractivity (Wildman–Crippen MR) is 108 cm³/mol. The number of non-ortho nitro benzene ring substituents is 1. The van der Waals surface area contributed by atoms with E-state index >= 15 is 0 Å². The van der Waals surface area contributed by atoms with Crippen LogP contribution in [-0.2, 0) is 0 Å². The first-order valence-corrected chi connectivity index (χ1v) is 8.70. The van der Waals surface area contributed by atoms with Gasteiger partial charge in [0.1, 0.15) is 11.3 Å². The van der Waals surface area contributed by atoms with Crippen molar-refractivity contribution in [2.75, 3.05) is 5.32 Å². The molecule has 0 saturated heterocycles. The minimum Gasteiger partial charge on any atom is -0.478 e. The standard InChI is InChI=1S/C21H14N2O8/c24-19(12-5-3-6-13(11-12)23(29)30)22-15-8-1-2-9-16(15)31-17-10-4-7-14(20(25)26)18(17)21(27)28/h1-11H,(H,22,24)(H,25,26)(H,27,28). The van der Waals surface area contributed by atoms with Gasteiger partial charge in [0.05, 0.1) is 16.2 Å². The third-order valence-electron chi connectivity index (χ3n) is 4.14. The summed E-state index contributed by atoms with van der Waals surface area (Å²) in [6.07, 6.45) is 0. The number of para-hydroxylation sites is 2. The van der Waals surface area contributed by atoms with Crippen molar-refractivity contribution in [3.63, 3.8) is 0 Å². The number of benzene rings is 3. The van der Waals surface area contributed by atoms with Gasteiger partial charge in [0, 0.05) is 17.7 Å². The Morgan fingerprint density at radius 1 is 0.871 bits per heavy atom. The van der Waals surface area contributed by atoms with E-state index in [1.165, 1.54) is 42.5 Å². The number of anilines is 1. The molecule has 10 heteroatoms. The highest BCUT2D eigenvalue weighted by atomic mass is 16.6. The van der Waals surface area contributed by atoms with Crippen LogP contribution in [0.3, 0.4) is 0 Å². The molecule has 0 aromatic heterocycles. The maximum atomic E-state index is 12.6. The van der Waals surface area contributed by atoms with E-state index in [-0.39, 0.29) is 28.4 Å². The first-order valence-electron chi connectivity index (χ1n) is 8.70. The summed E-state index contributed by atoms with van der Waals surface area (Å²) in [4.78, 5) is 45.8. The number of carbonyl (C=O) groups excluding carboxylic acids is 1. The van der Waals surface area contributed by atoms with Crippen LogP contribution in [0.2, 0.25) is 0 Å². The number of nitro benzene ring substituents is 1. The molecule has 0 heterocycles. The molecule has 1 amide bonds. The number of aromatic carboxylic acids is 2. The summed E-state index contributed by atoms with van der Waals surface area (Å²) in [5.74, 6) is -3.77. The zero-order valence-corrected chi connectivity index (χ0v) is 15.6. The second-order valence-electron chi connectivity index (χ2n) is 6.15. The van der Waals surface area contributed by atoms with Crippen LogP contribution < -0.4 is 10.1 Å². The Morgan fingerprint density at radius 2 is 1.55 bits per heavy atom. The van der Waals surface area contributed by atoms with Crippen LogP contribution >= 0.6 is 0 Å². The summed E-state index contributed by atoms with van der Waals surface area (Å²) in [5.41, 5.74) is -1.08. The molecular formula is C21H14N2O8. The van der Waals surface area contributed by atoms with Crippen molar-refractivity contribution in [3.05, 3.63) is 93.5 Å². The van der Waals surface area contributed by atoms with Crippen LogP contribution in [-0.4, -0.2) is 33.0 Å². The van der Waals surface area contributed by atoms with Crippen LogP contribution in [0.15, 0.2) is 66.7 Å². The smallest absolute Gasteiger partial charge is 0.340 e. The van der Waals surface area contributed by atoms with Crippen LogP contribution in [0.1, 0.15) is 31.1 Å². The van der Waals surface area contributed by atoms with Crippen molar-refractivity contribution in [3.8, 4) is 11.5 Å². The van der Waals surface area contributed by atoms with Gasteiger partial charge in [-0.15, -0.1) is 0 Å². The first kappa shape index (κ1) is 21.0. The molecule has 156 valence electrons. The highest BCUT2D eigenvalue weighted by Gasteiger charge is 2.22. The molecule has 0 fully saturated rings. The number of nitrogens with zero attached hydrogens (tertiary/aromatic N) is 1. The molecule has 3 rings (SSSR count). The molecule has 10 nitrogen and oxygen atoms in total. The van der Waals surface area contributed by atoms with E-state index in [4.69, 9.17) is 4.74 Å². The van der Waals surface area contributed by atoms with E-state index in [1.807, 2.05) is 0 Å². The monoisotopic (exact) mass is 422 g/mol. The number of nitro groups is 1. The fourth-order valence-corrected chi connectivity index (χ4v) is 2.75. The van der Waals surface area contributed by atoms with Gasteiger partial charge in [-0.25, -0.2) is 9.59 Å². The van der Waals surface area contributed by atoms with E-state index in [9.17, 15) is 34.7 Å². The first-order chi connectivity index (χ1) is 14.8. The summed E-state index contributed by atoms with van der Waals surface area (Å²) < 4.78 is 5.62. The molecule has 3 aromatic carbocycles. The van der Waals surface area contributed by atoms with Crippen LogP contribution in [0.25, 0.3) is 0 Å². The fraction of sp³-hybridized carbons (Fsp3) is 0. The largest absolute Gasteiger partial charge is 0.478 e. The average molecular weight is 422 g/mol. The number of carboxylic acids is 2. The molecule has 31 heavy (non-hydrogen) atoms. The molecule has 0 saturated carbocycles. The van der Waals surface area contributed by atoms with Crippen molar-refractivity contribution in [1.82, 2.24) is 0 Å². The number of hydrogen-bond acceptors (Lipinski definition) is 6. The fourth-order valence-electron chi connectivity index (χ4n) is 2.75. The Morgan fingerprint density at radius 3 is 2.23 bits per heavy atom. The number of carboxylic acid groups (broad SMARTS) is 2. The summed E-state index contributed by atoms with van der Waals surface area (Å²) in [7, 11) is 0. The second-order valence-corrected chi connectivity index (χ2v) is 6.15. The Labute approximate surface area is 174 Å². The molecule has 0 aliphatic carbocycles. The summed E-state index contributed by atoms with van der Waals surface area (Å²) in [6.45, 7) is 0. The highest BCUT2D eigenvalue weighted by Crippen LogP contribution is 2.33. The lowest BCUT2D eigenvalue weighted by molar-refractivity contribution is -0.384. The summed E-state index contributed by atoms with van der Waals surface area (Å²) in [6, 6.07) is 14.9. The molecule has 3 aromatic rings. The van der Waals surface area contributed by atoms with Gasteiger partial charge in [-0.05, 0) is 30.3 Å². The molecule has 0 unspecified atom stereocenters. The van der Waals surface area contributed by atoms with Crippen molar-refractivity contribution in [2.24, 2.45) is 0 Å². The lowest BCUT2D eigenvalue weighted by atomic mass is 10.1. The van der Waals surface area contributed by atoms with Gasteiger partial charge in [0.15, 0.2) is 5.75 Å². The van der Waals surface area contributed by atoms with Gasteiger partial charge in [0.2, 0.25) is 0 Å². The van der Waals surface area contributed by atoms with Gasteiger partial charge in [0.25, 0.3) is 11.6 Å². The lowest BCUT2D eigenvalue weighted by Gasteiger charge is -2.14. The minimum absolute atomic E-state index is 0.0307. The minimum atomic E-state index is -1.49. The Kier molecular flexibility index (Phi) is 5.92. The van der Waals surface area contributed by atoms with Crippen LogP contribution in [0.4, 0.5) is 11.4 Å². The molecular weight excluding hydrogens is 408 g/mol. The van der Waals surface area contributed by atoms with Crippen LogP contribution in [0, 0.1) is 10.1 Å².